The number of halogens is 1. The number of hydrogen-bond donors (Lipinski definition) is 1. The third-order valence-corrected chi connectivity index (χ3v) is 3.21. The molecule has 0 aliphatic heterocycles. The summed E-state index contributed by atoms with van der Waals surface area (Å²) in [6.07, 6.45) is -0.814. The van der Waals surface area contributed by atoms with Crippen molar-refractivity contribution in [1.29, 1.82) is 0 Å². The number of esters is 1. The molecule has 0 aromatic heterocycles. The summed E-state index contributed by atoms with van der Waals surface area (Å²) in [6.45, 7) is 1.15. The van der Waals surface area contributed by atoms with Crippen molar-refractivity contribution in [2.45, 2.75) is 13.0 Å². The molecule has 0 heterocycles. The minimum Gasteiger partial charge on any atom is -0.479 e. The van der Waals surface area contributed by atoms with Crippen LogP contribution in [0, 0.1) is 0 Å². The van der Waals surface area contributed by atoms with Crippen LogP contribution in [0.1, 0.15) is 6.92 Å². The first-order valence-corrected chi connectivity index (χ1v) is 7.37. The molecule has 5 nitrogen and oxygen atoms in total. The second kappa shape index (κ2) is 8.19. The Morgan fingerprint density at radius 2 is 1.74 bits per heavy atom. The van der Waals surface area contributed by atoms with E-state index in [1.54, 1.807) is 55.5 Å². The molecule has 120 valence electrons. The lowest BCUT2D eigenvalue weighted by molar-refractivity contribution is -0.153. The molecule has 0 fully saturated rings. The summed E-state index contributed by atoms with van der Waals surface area (Å²) in [5, 5.41) is 2.98. The Hall–Kier alpha value is -2.53. The molecule has 0 aliphatic rings. The van der Waals surface area contributed by atoms with E-state index in [9.17, 15) is 9.59 Å². The summed E-state index contributed by atoms with van der Waals surface area (Å²) < 4.78 is 10.3. The maximum atomic E-state index is 11.8. The quantitative estimate of drug-likeness (QED) is 0.824. The summed E-state index contributed by atoms with van der Waals surface area (Å²) in [6, 6.07) is 15.7. The van der Waals surface area contributed by atoms with Crippen molar-refractivity contribution in [3.8, 4) is 5.75 Å². The summed E-state index contributed by atoms with van der Waals surface area (Å²) in [7, 11) is 0. The summed E-state index contributed by atoms with van der Waals surface area (Å²) in [5.41, 5.74) is 0.462. The van der Waals surface area contributed by atoms with Gasteiger partial charge in [0.1, 0.15) is 5.75 Å². The van der Waals surface area contributed by atoms with E-state index in [2.05, 4.69) is 5.32 Å². The van der Waals surface area contributed by atoms with Gasteiger partial charge in [-0.25, -0.2) is 4.79 Å². The Kier molecular flexibility index (Phi) is 6.00. The number of carbonyl (C=O) groups excluding carboxylic acids is 2. The lowest BCUT2D eigenvalue weighted by Crippen LogP contribution is -2.29. The molecule has 0 spiro atoms. The SMILES string of the molecule is C[C@@H](Oc1ccccc1)C(=O)OCC(=O)Nc1ccccc1Cl. The van der Waals surface area contributed by atoms with Crippen molar-refractivity contribution in [2.75, 3.05) is 11.9 Å². The fraction of sp³-hybridized carbons (Fsp3) is 0.176. The Morgan fingerprint density at radius 1 is 1.09 bits per heavy atom. The lowest BCUT2D eigenvalue weighted by Gasteiger charge is -2.14. The van der Waals surface area contributed by atoms with Crippen molar-refractivity contribution in [2.24, 2.45) is 0 Å². The second-order valence-electron chi connectivity index (χ2n) is 4.71. The molecule has 0 aliphatic carbocycles. The minimum absolute atomic E-state index is 0.410. The van der Waals surface area contributed by atoms with Crippen molar-refractivity contribution in [1.82, 2.24) is 0 Å². The molecule has 1 atom stereocenters. The van der Waals surface area contributed by atoms with E-state index in [1.807, 2.05) is 6.07 Å². The molecule has 0 saturated carbocycles. The standard InChI is InChI=1S/C17H16ClNO4/c1-12(23-13-7-3-2-4-8-13)17(21)22-11-16(20)19-15-10-6-5-9-14(15)18/h2-10,12H,11H2,1H3,(H,19,20)/t12-/m1/s1. The largest absolute Gasteiger partial charge is 0.479 e. The number of carbonyl (C=O) groups is 2. The number of para-hydroxylation sites is 2. The average molecular weight is 334 g/mol. The first-order chi connectivity index (χ1) is 11.1. The van der Waals surface area contributed by atoms with Crippen molar-refractivity contribution >= 4 is 29.2 Å². The van der Waals surface area contributed by atoms with Crippen molar-refractivity contribution < 1.29 is 19.1 Å². The van der Waals surface area contributed by atoms with Gasteiger partial charge in [0.25, 0.3) is 5.91 Å². The summed E-state index contributed by atoms with van der Waals surface area (Å²) in [4.78, 5) is 23.6. The smallest absolute Gasteiger partial charge is 0.347 e. The van der Waals surface area contributed by atoms with E-state index >= 15 is 0 Å². The minimum atomic E-state index is -0.814. The van der Waals surface area contributed by atoms with E-state index in [-0.39, 0.29) is 0 Å². The maximum absolute atomic E-state index is 11.8. The van der Waals surface area contributed by atoms with E-state index in [4.69, 9.17) is 21.1 Å². The van der Waals surface area contributed by atoms with Gasteiger partial charge in [-0.3, -0.25) is 4.79 Å². The van der Waals surface area contributed by atoms with Gasteiger partial charge in [0.15, 0.2) is 12.7 Å². The van der Waals surface area contributed by atoms with Crippen molar-refractivity contribution in [3.63, 3.8) is 0 Å². The highest BCUT2D eigenvalue weighted by Gasteiger charge is 2.18. The molecule has 2 aromatic carbocycles. The van der Waals surface area contributed by atoms with Gasteiger partial charge >= 0.3 is 5.97 Å². The number of hydrogen-bond acceptors (Lipinski definition) is 4. The van der Waals surface area contributed by atoms with Gasteiger partial charge in [-0.2, -0.15) is 0 Å². The lowest BCUT2D eigenvalue weighted by atomic mass is 10.3. The maximum Gasteiger partial charge on any atom is 0.347 e. The highest BCUT2D eigenvalue weighted by atomic mass is 35.5. The first-order valence-electron chi connectivity index (χ1n) is 6.99. The second-order valence-corrected chi connectivity index (χ2v) is 5.12. The first kappa shape index (κ1) is 16.8. The van der Waals surface area contributed by atoms with Crippen LogP contribution in [-0.4, -0.2) is 24.6 Å². The zero-order valence-electron chi connectivity index (χ0n) is 12.5. The molecule has 1 N–H and O–H groups in total. The topological polar surface area (TPSA) is 64.6 Å². The fourth-order valence-corrected chi connectivity index (χ4v) is 1.94. The van der Waals surface area contributed by atoms with Gasteiger partial charge in [0.05, 0.1) is 10.7 Å². The molecule has 1 amide bonds. The zero-order valence-corrected chi connectivity index (χ0v) is 13.2. The highest BCUT2D eigenvalue weighted by molar-refractivity contribution is 6.33. The van der Waals surface area contributed by atoms with Crippen LogP contribution in [-0.2, 0) is 14.3 Å². The van der Waals surface area contributed by atoms with Gasteiger partial charge in [-0.15, -0.1) is 0 Å². The van der Waals surface area contributed by atoms with Gasteiger partial charge in [0.2, 0.25) is 0 Å². The molecule has 0 unspecified atom stereocenters. The number of benzene rings is 2. The number of amides is 1. The molecule has 6 heteroatoms. The molecular weight excluding hydrogens is 318 g/mol. The normalized spacial score (nSPS) is 11.4. The van der Waals surface area contributed by atoms with Gasteiger partial charge < -0.3 is 14.8 Å². The molecule has 2 rings (SSSR count). The predicted molar refractivity (Wildman–Crippen MR) is 87.6 cm³/mol. The number of rotatable bonds is 6. The van der Waals surface area contributed by atoms with E-state index in [1.165, 1.54) is 0 Å². The van der Waals surface area contributed by atoms with Crippen LogP contribution in [0.5, 0.6) is 5.75 Å². The average Bonchev–Trinajstić information content (AvgIpc) is 2.55. The van der Waals surface area contributed by atoms with Gasteiger partial charge in [-0.05, 0) is 31.2 Å². The van der Waals surface area contributed by atoms with Crippen LogP contribution in [0.25, 0.3) is 0 Å². The summed E-state index contributed by atoms with van der Waals surface area (Å²) >= 11 is 5.93. The Bertz CT molecular complexity index is 675. The summed E-state index contributed by atoms with van der Waals surface area (Å²) in [5.74, 6) is -0.543. The Morgan fingerprint density at radius 3 is 2.43 bits per heavy atom. The van der Waals surface area contributed by atoms with E-state index in [0.29, 0.717) is 16.5 Å². The van der Waals surface area contributed by atoms with Crippen LogP contribution >= 0.6 is 11.6 Å². The highest BCUT2D eigenvalue weighted by Crippen LogP contribution is 2.20. The van der Waals surface area contributed by atoms with E-state index < -0.39 is 24.6 Å². The third-order valence-electron chi connectivity index (χ3n) is 2.88. The third kappa shape index (κ3) is 5.30. The Balaban J connectivity index is 1.79. The van der Waals surface area contributed by atoms with E-state index in [0.717, 1.165) is 0 Å². The van der Waals surface area contributed by atoms with Crippen molar-refractivity contribution in [3.05, 3.63) is 59.6 Å². The monoisotopic (exact) mass is 333 g/mol. The van der Waals surface area contributed by atoms with Crippen LogP contribution < -0.4 is 10.1 Å². The van der Waals surface area contributed by atoms with Crippen LogP contribution in [0.3, 0.4) is 0 Å². The number of ether oxygens (including phenoxy) is 2. The molecule has 0 bridgehead atoms. The van der Waals surface area contributed by atoms with Crippen LogP contribution in [0.2, 0.25) is 5.02 Å². The van der Waals surface area contributed by atoms with Gasteiger partial charge in [0, 0.05) is 0 Å². The number of anilines is 1. The van der Waals surface area contributed by atoms with Crippen LogP contribution in [0.15, 0.2) is 54.6 Å². The fourth-order valence-electron chi connectivity index (χ4n) is 1.75. The zero-order chi connectivity index (χ0) is 16.7. The Labute approximate surface area is 139 Å². The molecule has 23 heavy (non-hydrogen) atoms. The molecule has 0 saturated heterocycles. The molecule has 2 aromatic rings. The van der Waals surface area contributed by atoms with Crippen LogP contribution in [0.4, 0.5) is 5.69 Å². The molecular formula is C17H16ClNO4. The van der Waals surface area contributed by atoms with Gasteiger partial charge in [-0.1, -0.05) is 41.9 Å². The number of nitrogens with one attached hydrogen (secondary N) is 1. The molecule has 0 radical (unpaired) electrons. The predicted octanol–water partition coefficient (Wildman–Crippen LogP) is 3.29.